The zero-order chi connectivity index (χ0) is 11.1. The minimum absolute atomic E-state index is 0.220. The van der Waals surface area contributed by atoms with Crippen molar-refractivity contribution in [2.75, 3.05) is 0 Å². The number of alkyl halides is 3. The first-order valence-electron chi connectivity index (χ1n) is 4.82. The van der Waals surface area contributed by atoms with Crippen LogP contribution in [-0.4, -0.2) is 0 Å². The van der Waals surface area contributed by atoms with E-state index >= 15 is 0 Å². The van der Waals surface area contributed by atoms with Crippen LogP contribution in [0.1, 0.15) is 24.0 Å². The average Bonchev–Trinajstić information content (AvgIpc) is 2.90. The van der Waals surface area contributed by atoms with E-state index < -0.39 is 11.7 Å². The molecule has 0 unspecified atom stereocenters. The lowest BCUT2D eigenvalue weighted by molar-refractivity contribution is -0.137. The van der Waals surface area contributed by atoms with Gasteiger partial charge in [0.05, 0.1) is 10.6 Å². The van der Waals surface area contributed by atoms with Crippen LogP contribution < -0.4 is 0 Å². The van der Waals surface area contributed by atoms with Crippen LogP contribution in [0.15, 0.2) is 18.2 Å². The van der Waals surface area contributed by atoms with Crippen LogP contribution in [0.3, 0.4) is 0 Å². The molecule has 0 aromatic heterocycles. The molecule has 2 rings (SSSR count). The summed E-state index contributed by atoms with van der Waals surface area (Å²) in [6.45, 7) is 0. The monoisotopic (exact) mass is 234 g/mol. The molecule has 0 heterocycles. The molecule has 0 bridgehead atoms. The van der Waals surface area contributed by atoms with E-state index in [9.17, 15) is 13.2 Å². The summed E-state index contributed by atoms with van der Waals surface area (Å²) in [7, 11) is 0. The maximum Gasteiger partial charge on any atom is 0.417 e. The lowest BCUT2D eigenvalue weighted by Crippen LogP contribution is -2.06. The molecule has 0 N–H and O–H groups in total. The standard InChI is InChI=1S/C11H10ClF3/c12-10-4-3-8(5-7-1-2-7)6-9(10)11(13,14)15/h3-4,6-7H,1-2,5H2. The molecular formula is C11H10ClF3. The summed E-state index contributed by atoms with van der Waals surface area (Å²) in [4.78, 5) is 0. The van der Waals surface area contributed by atoms with E-state index in [1.165, 1.54) is 12.1 Å². The normalized spacial score (nSPS) is 16.8. The van der Waals surface area contributed by atoms with Crippen LogP contribution in [0.4, 0.5) is 13.2 Å². The Morgan fingerprint density at radius 1 is 1.27 bits per heavy atom. The van der Waals surface area contributed by atoms with E-state index in [0.29, 0.717) is 5.92 Å². The first-order chi connectivity index (χ1) is 6.97. The molecule has 0 spiro atoms. The van der Waals surface area contributed by atoms with Crippen molar-refractivity contribution in [3.8, 4) is 0 Å². The van der Waals surface area contributed by atoms with Crippen LogP contribution in [0.25, 0.3) is 0 Å². The van der Waals surface area contributed by atoms with Crippen molar-refractivity contribution in [2.45, 2.75) is 25.4 Å². The van der Waals surface area contributed by atoms with Crippen molar-refractivity contribution < 1.29 is 13.2 Å². The number of hydrogen-bond acceptors (Lipinski definition) is 0. The Bertz CT molecular complexity index is 367. The summed E-state index contributed by atoms with van der Waals surface area (Å²) in [6, 6.07) is 4.18. The van der Waals surface area contributed by atoms with Gasteiger partial charge in [-0.3, -0.25) is 0 Å². The van der Waals surface area contributed by atoms with Gasteiger partial charge < -0.3 is 0 Å². The highest BCUT2D eigenvalue weighted by atomic mass is 35.5. The second-order valence-electron chi connectivity index (χ2n) is 3.96. The predicted molar refractivity (Wildman–Crippen MR) is 52.9 cm³/mol. The molecule has 1 fully saturated rings. The summed E-state index contributed by atoms with van der Waals surface area (Å²) < 4.78 is 37.5. The van der Waals surface area contributed by atoms with Crippen molar-refractivity contribution in [3.63, 3.8) is 0 Å². The largest absolute Gasteiger partial charge is 0.417 e. The third kappa shape index (κ3) is 2.65. The molecule has 0 nitrogen and oxygen atoms in total. The van der Waals surface area contributed by atoms with Gasteiger partial charge in [-0.2, -0.15) is 13.2 Å². The second kappa shape index (κ2) is 3.71. The third-order valence-corrected chi connectivity index (χ3v) is 2.89. The van der Waals surface area contributed by atoms with E-state index in [1.54, 1.807) is 6.07 Å². The zero-order valence-electron chi connectivity index (χ0n) is 7.94. The van der Waals surface area contributed by atoms with Crippen LogP contribution >= 0.6 is 11.6 Å². The maximum atomic E-state index is 12.5. The molecule has 1 aliphatic rings. The van der Waals surface area contributed by atoms with Crippen molar-refractivity contribution in [3.05, 3.63) is 34.3 Å². The SMILES string of the molecule is FC(F)(F)c1cc(CC2CC2)ccc1Cl. The van der Waals surface area contributed by atoms with Crippen molar-refractivity contribution in [2.24, 2.45) is 5.92 Å². The van der Waals surface area contributed by atoms with Gasteiger partial charge in [-0.1, -0.05) is 17.7 Å². The van der Waals surface area contributed by atoms with Crippen molar-refractivity contribution >= 4 is 11.6 Å². The molecule has 0 atom stereocenters. The summed E-state index contributed by atoms with van der Waals surface area (Å²) in [5.41, 5.74) is 0.0107. The molecule has 1 saturated carbocycles. The Hall–Kier alpha value is -0.700. The van der Waals surface area contributed by atoms with Crippen LogP contribution in [0, 0.1) is 5.92 Å². The van der Waals surface area contributed by atoms with E-state index in [0.717, 1.165) is 24.8 Å². The number of benzene rings is 1. The average molecular weight is 235 g/mol. The zero-order valence-corrected chi connectivity index (χ0v) is 8.70. The molecule has 0 radical (unpaired) electrons. The van der Waals surface area contributed by atoms with Crippen LogP contribution in [-0.2, 0) is 12.6 Å². The molecule has 1 aliphatic carbocycles. The van der Waals surface area contributed by atoms with Crippen molar-refractivity contribution in [1.29, 1.82) is 0 Å². The Kier molecular flexibility index (Phi) is 2.67. The van der Waals surface area contributed by atoms with E-state index in [1.807, 2.05) is 0 Å². The summed E-state index contributed by atoms with van der Waals surface area (Å²) in [5.74, 6) is 0.576. The van der Waals surface area contributed by atoms with Gasteiger partial charge in [0.25, 0.3) is 0 Å². The minimum Gasteiger partial charge on any atom is -0.166 e. The number of hydrogen-bond donors (Lipinski definition) is 0. The van der Waals surface area contributed by atoms with Gasteiger partial charge in [-0.05, 0) is 42.9 Å². The lowest BCUT2D eigenvalue weighted by atomic mass is 10.1. The fraction of sp³-hybridized carbons (Fsp3) is 0.455. The third-order valence-electron chi connectivity index (χ3n) is 2.56. The molecule has 0 aliphatic heterocycles. The Morgan fingerprint density at radius 2 is 1.93 bits per heavy atom. The first-order valence-corrected chi connectivity index (χ1v) is 5.20. The fourth-order valence-electron chi connectivity index (χ4n) is 1.57. The van der Waals surface area contributed by atoms with E-state index in [2.05, 4.69) is 0 Å². The number of halogens is 4. The molecule has 1 aromatic carbocycles. The van der Waals surface area contributed by atoms with Gasteiger partial charge in [0, 0.05) is 0 Å². The van der Waals surface area contributed by atoms with Gasteiger partial charge in [0.2, 0.25) is 0 Å². The van der Waals surface area contributed by atoms with Gasteiger partial charge in [-0.25, -0.2) is 0 Å². The first kappa shape index (κ1) is 10.8. The smallest absolute Gasteiger partial charge is 0.166 e. The lowest BCUT2D eigenvalue weighted by Gasteiger charge is -2.10. The van der Waals surface area contributed by atoms with Crippen molar-refractivity contribution in [1.82, 2.24) is 0 Å². The number of rotatable bonds is 2. The summed E-state index contributed by atoms with van der Waals surface area (Å²) in [5, 5.41) is -0.220. The maximum absolute atomic E-state index is 12.5. The van der Waals surface area contributed by atoms with Crippen LogP contribution in [0.2, 0.25) is 5.02 Å². The molecule has 4 heteroatoms. The Balaban J connectivity index is 2.27. The molecule has 1 aromatic rings. The van der Waals surface area contributed by atoms with Crippen LogP contribution in [0.5, 0.6) is 0 Å². The second-order valence-corrected chi connectivity index (χ2v) is 4.37. The minimum atomic E-state index is -4.35. The van der Waals surface area contributed by atoms with E-state index in [4.69, 9.17) is 11.6 Å². The van der Waals surface area contributed by atoms with Gasteiger partial charge in [0.15, 0.2) is 0 Å². The highest BCUT2D eigenvalue weighted by molar-refractivity contribution is 6.31. The fourth-order valence-corrected chi connectivity index (χ4v) is 1.80. The summed E-state index contributed by atoms with van der Waals surface area (Å²) >= 11 is 5.51. The topological polar surface area (TPSA) is 0 Å². The Morgan fingerprint density at radius 3 is 2.47 bits per heavy atom. The van der Waals surface area contributed by atoms with Gasteiger partial charge in [0.1, 0.15) is 0 Å². The molecule has 0 amide bonds. The Labute approximate surface area is 91.1 Å². The highest BCUT2D eigenvalue weighted by Gasteiger charge is 2.33. The van der Waals surface area contributed by atoms with Gasteiger partial charge in [-0.15, -0.1) is 0 Å². The molecular weight excluding hydrogens is 225 g/mol. The highest BCUT2D eigenvalue weighted by Crippen LogP contribution is 2.37. The predicted octanol–water partition coefficient (Wildman–Crippen LogP) is 4.31. The van der Waals surface area contributed by atoms with E-state index in [-0.39, 0.29) is 5.02 Å². The molecule has 82 valence electrons. The summed E-state index contributed by atoms with van der Waals surface area (Å²) in [6.07, 6.45) is -1.36. The van der Waals surface area contributed by atoms with Gasteiger partial charge >= 0.3 is 6.18 Å². The quantitative estimate of drug-likeness (QED) is 0.715. The molecule has 0 saturated heterocycles. The molecule has 15 heavy (non-hydrogen) atoms.